The van der Waals surface area contributed by atoms with Crippen molar-refractivity contribution >= 4 is 33.2 Å². The van der Waals surface area contributed by atoms with E-state index in [0.717, 1.165) is 6.42 Å². The van der Waals surface area contributed by atoms with Crippen LogP contribution in [0.5, 0.6) is 5.75 Å². The van der Waals surface area contributed by atoms with Crippen LogP contribution in [-0.2, 0) is 14.8 Å². The highest BCUT2D eigenvalue weighted by molar-refractivity contribution is 7.93. The Labute approximate surface area is 157 Å². The fourth-order valence-electron chi connectivity index (χ4n) is 2.70. The van der Waals surface area contributed by atoms with E-state index >= 15 is 0 Å². The lowest BCUT2D eigenvalue weighted by molar-refractivity contribution is -0.127. The average molecular weight is 395 g/mol. The number of hydrogen-bond donors (Lipinski definition) is 1. The van der Waals surface area contributed by atoms with Gasteiger partial charge in [0, 0.05) is 6.54 Å². The molecule has 1 amide bonds. The predicted molar refractivity (Wildman–Crippen MR) is 100 cm³/mol. The summed E-state index contributed by atoms with van der Waals surface area (Å²) >= 11 is 6.11. The quantitative estimate of drug-likeness (QED) is 0.846. The lowest BCUT2D eigenvalue weighted by atomic mass is 10.2. The minimum Gasteiger partial charge on any atom is -0.476 e. The number of benzene rings is 2. The van der Waals surface area contributed by atoms with Gasteiger partial charge in [0.05, 0.1) is 17.3 Å². The summed E-state index contributed by atoms with van der Waals surface area (Å²) in [6.07, 6.45) is -0.162. The third kappa shape index (κ3) is 3.50. The van der Waals surface area contributed by atoms with E-state index in [2.05, 4.69) is 5.32 Å². The van der Waals surface area contributed by atoms with Gasteiger partial charge in [-0.25, -0.2) is 8.42 Å². The number of nitrogens with one attached hydrogen (secondary N) is 1. The molecule has 0 aliphatic carbocycles. The average Bonchev–Trinajstić information content (AvgIpc) is 2.65. The van der Waals surface area contributed by atoms with Gasteiger partial charge in [0.25, 0.3) is 15.9 Å². The maximum atomic E-state index is 13.2. The van der Waals surface area contributed by atoms with Crippen molar-refractivity contribution in [2.24, 2.45) is 0 Å². The van der Waals surface area contributed by atoms with Crippen LogP contribution in [0, 0.1) is 0 Å². The second-order valence-electron chi connectivity index (χ2n) is 5.83. The maximum Gasteiger partial charge on any atom is 0.266 e. The first-order valence-corrected chi connectivity index (χ1v) is 10.1. The van der Waals surface area contributed by atoms with E-state index in [0.29, 0.717) is 18.0 Å². The zero-order chi connectivity index (χ0) is 18.7. The number of para-hydroxylation sites is 2. The van der Waals surface area contributed by atoms with Crippen LogP contribution in [0.25, 0.3) is 0 Å². The lowest BCUT2D eigenvalue weighted by Gasteiger charge is -2.34. The molecule has 0 bridgehead atoms. The van der Waals surface area contributed by atoms with Crippen molar-refractivity contribution in [3.05, 3.63) is 53.6 Å². The summed E-state index contributed by atoms with van der Waals surface area (Å²) in [6.45, 7) is 2.31. The van der Waals surface area contributed by atoms with Crippen molar-refractivity contribution in [2.45, 2.75) is 24.3 Å². The number of nitrogens with zero attached hydrogens (tertiary/aromatic N) is 1. The highest BCUT2D eigenvalue weighted by Crippen LogP contribution is 2.37. The van der Waals surface area contributed by atoms with Gasteiger partial charge in [-0.05, 0) is 30.7 Å². The number of halogens is 1. The molecule has 8 heteroatoms. The van der Waals surface area contributed by atoms with Crippen LogP contribution in [-0.4, -0.2) is 33.5 Å². The summed E-state index contributed by atoms with van der Waals surface area (Å²) in [7, 11) is -3.95. The third-order valence-corrected chi connectivity index (χ3v) is 6.26. The Morgan fingerprint density at radius 2 is 1.92 bits per heavy atom. The second-order valence-corrected chi connectivity index (χ2v) is 8.07. The SMILES string of the molecule is CCCNC(=O)C1CN(S(=O)(=O)c2ccccc2Cl)c2ccccc2O1. The molecule has 0 aromatic heterocycles. The molecule has 1 aliphatic rings. The number of rotatable bonds is 5. The molecule has 26 heavy (non-hydrogen) atoms. The molecular formula is C18H19ClN2O4S. The van der Waals surface area contributed by atoms with E-state index in [1.807, 2.05) is 6.92 Å². The molecule has 0 spiro atoms. The van der Waals surface area contributed by atoms with Gasteiger partial charge in [-0.15, -0.1) is 0 Å². The lowest BCUT2D eigenvalue weighted by Crippen LogP contribution is -2.50. The van der Waals surface area contributed by atoms with E-state index < -0.39 is 16.1 Å². The highest BCUT2D eigenvalue weighted by atomic mass is 35.5. The van der Waals surface area contributed by atoms with Crippen LogP contribution >= 0.6 is 11.6 Å². The number of amides is 1. The second kappa shape index (κ2) is 7.55. The van der Waals surface area contributed by atoms with E-state index in [-0.39, 0.29) is 22.4 Å². The third-order valence-electron chi connectivity index (χ3n) is 3.98. The van der Waals surface area contributed by atoms with Crippen molar-refractivity contribution in [1.82, 2.24) is 5.32 Å². The molecule has 138 valence electrons. The molecule has 1 aliphatic heterocycles. The Kier molecular flexibility index (Phi) is 5.38. The van der Waals surface area contributed by atoms with Crippen molar-refractivity contribution in [3.8, 4) is 5.75 Å². The maximum absolute atomic E-state index is 13.2. The zero-order valence-electron chi connectivity index (χ0n) is 14.2. The molecule has 2 aromatic rings. The predicted octanol–water partition coefficient (Wildman–Crippen LogP) is 2.82. The van der Waals surface area contributed by atoms with Crippen LogP contribution in [0.3, 0.4) is 0 Å². The molecule has 1 heterocycles. The van der Waals surface area contributed by atoms with Crippen LogP contribution < -0.4 is 14.4 Å². The van der Waals surface area contributed by atoms with Gasteiger partial charge >= 0.3 is 0 Å². The summed E-state index contributed by atoms with van der Waals surface area (Å²) in [5.41, 5.74) is 0.381. The summed E-state index contributed by atoms with van der Waals surface area (Å²) in [5, 5.41) is 2.87. The number of carbonyl (C=O) groups excluding carboxylic acids is 1. The highest BCUT2D eigenvalue weighted by Gasteiger charge is 2.37. The largest absolute Gasteiger partial charge is 0.476 e. The van der Waals surface area contributed by atoms with Crippen LogP contribution in [0.1, 0.15) is 13.3 Å². The molecular weight excluding hydrogens is 376 g/mol. The van der Waals surface area contributed by atoms with Crippen LogP contribution in [0.2, 0.25) is 5.02 Å². The monoisotopic (exact) mass is 394 g/mol. The summed E-state index contributed by atoms with van der Waals surface area (Å²) in [4.78, 5) is 12.4. The van der Waals surface area contributed by atoms with Gasteiger partial charge in [0.1, 0.15) is 10.6 Å². The number of anilines is 1. The molecule has 3 rings (SSSR count). The standard InChI is InChI=1S/C18H19ClN2O4S/c1-2-11-20-18(22)16-12-21(14-8-4-5-9-15(14)25-16)26(23,24)17-10-6-3-7-13(17)19/h3-10,16H,2,11-12H2,1H3,(H,20,22). The molecule has 1 N–H and O–H groups in total. The molecule has 1 atom stereocenters. The van der Waals surface area contributed by atoms with Crippen LogP contribution in [0.4, 0.5) is 5.69 Å². The zero-order valence-corrected chi connectivity index (χ0v) is 15.8. The first-order valence-electron chi connectivity index (χ1n) is 8.26. The topological polar surface area (TPSA) is 75.7 Å². The minimum absolute atomic E-state index is 0.00825. The van der Waals surface area contributed by atoms with Gasteiger partial charge in [-0.3, -0.25) is 9.10 Å². The molecule has 0 saturated heterocycles. The number of carbonyl (C=O) groups is 1. The summed E-state index contributed by atoms with van der Waals surface area (Å²) in [5.74, 6) is -0.00765. The Bertz CT molecular complexity index is 917. The number of sulfonamides is 1. The molecule has 0 radical (unpaired) electrons. The Balaban J connectivity index is 2.02. The van der Waals surface area contributed by atoms with Crippen molar-refractivity contribution in [3.63, 3.8) is 0 Å². The van der Waals surface area contributed by atoms with Gasteiger partial charge in [0.15, 0.2) is 6.10 Å². The van der Waals surface area contributed by atoms with E-state index in [9.17, 15) is 13.2 Å². The van der Waals surface area contributed by atoms with Crippen LogP contribution in [0.15, 0.2) is 53.4 Å². The molecule has 1 unspecified atom stereocenters. The fraction of sp³-hybridized carbons (Fsp3) is 0.278. The fourth-order valence-corrected chi connectivity index (χ4v) is 4.67. The van der Waals surface area contributed by atoms with Gasteiger partial charge < -0.3 is 10.1 Å². The molecule has 6 nitrogen and oxygen atoms in total. The van der Waals surface area contributed by atoms with Crippen molar-refractivity contribution in [2.75, 3.05) is 17.4 Å². The van der Waals surface area contributed by atoms with Gasteiger partial charge in [-0.2, -0.15) is 0 Å². The molecule has 0 fully saturated rings. The van der Waals surface area contributed by atoms with E-state index in [1.54, 1.807) is 36.4 Å². The number of hydrogen-bond acceptors (Lipinski definition) is 4. The Morgan fingerprint density at radius 3 is 2.65 bits per heavy atom. The summed E-state index contributed by atoms with van der Waals surface area (Å²) in [6, 6.07) is 13.0. The van der Waals surface area contributed by atoms with Crippen molar-refractivity contribution in [1.29, 1.82) is 0 Å². The molecule has 2 aromatic carbocycles. The molecule has 0 saturated carbocycles. The number of ether oxygens (including phenoxy) is 1. The summed E-state index contributed by atoms with van der Waals surface area (Å²) < 4.78 is 33.3. The number of fused-ring (bicyclic) bond motifs is 1. The first kappa shape index (κ1) is 18.5. The van der Waals surface area contributed by atoms with Gasteiger partial charge in [0.2, 0.25) is 0 Å². The minimum atomic E-state index is -3.95. The first-order chi connectivity index (χ1) is 12.4. The van der Waals surface area contributed by atoms with Gasteiger partial charge in [-0.1, -0.05) is 42.8 Å². The normalized spacial score (nSPS) is 16.5. The van der Waals surface area contributed by atoms with Crippen molar-refractivity contribution < 1.29 is 17.9 Å². The van der Waals surface area contributed by atoms with E-state index in [1.165, 1.54) is 16.4 Å². The Hall–Kier alpha value is -2.25. The van der Waals surface area contributed by atoms with E-state index in [4.69, 9.17) is 16.3 Å². The Morgan fingerprint density at radius 1 is 1.23 bits per heavy atom. The smallest absolute Gasteiger partial charge is 0.266 e.